The SMILES string of the molecule is COC[C@H](N)c1cnnn1Cc1ccccc1. The summed E-state index contributed by atoms with van der Waals surface area (Å²) in [4.78, 5) is 0. The van der Waals surface area contributed by atoms with Crippen molar-refractivity contribution in [3.05, 3.63) is 47.8 Å². The van der Waals surface area contributed by atoms with Gasteiger partial charge in [-0.25, -0.2) is 4.68 Å². The molecular weight excluding hydrogens is 216 g/mol. The Morgan fingerprint density at radius 2 is 2.12 bits per heavy atom. The van der Waals surface area contributed by atoms with E-state index >= 15 is 0 Å². The van der Waals surface area contributed by atoms with E-state index in [0.717, 1.165) is 5.69 Å². The lowest BCUT2D eigenvalue weighted by Gasteiger charge is -2.12. The van der Waals surface area contributed by atoms with Crippen molar-refractivity contribution < 1.29 is 4.74 Å². The summed E-state index contributed by atoms with van der Waals surface area (Å²) in [5, 5.41) is 7.94. The van der Waals surface area contributed by atoms with Gasteiger partial charge in [-0.15, -0.1) is 5.10 Å². The minimum absolute atomic E-state index is 0.196. The van der Waals surface area contributed by atoms with Crippen LogP contribution in [0, 0.1) is 0 Å². The Labute approximate surface area is 100 Å². The van der Waals surface area contributed by atoms with E-state index in [1.807, 2.05) is 30.3 Å². The summed E-state index contributed by atoms with van der Waals surface area (Å²) in [5.41, 5.74) is 8.03. The smallest absolute Gasteiger partial charge is 0.0781 e. The molecule has 1 heterocycles. The molecule has 0 bridgehead atoms. The number of hydrogen-bond donors (Lipinski definition) is 1. The molecule has 0 aliphatic heterocycles. The summed E-state index contributed by atoms with van der Waals surface area (Å²) in [6, 6.07) is 9.89. The Balaban J connectivity index is 2.14. The number of benzene rings is 1. The largest absolute Gasteiger partial charge is 0.383 e. The summed E-state index contributed by atoms with van der Waals surface area (Å²) in [6.45, 7) is 1.13. The average Bonchev–Trinajstić information content (AvgIpc) is 2.79. The number of methoxy groups -OCH3 is 1. The topological polar surface area (TPSA) is 66.0 Å². The van der Waals surface area contributed by atoms with Gasteiger partial charge in [-0.3, -0.25) is 0 Å². The lowest BCUT2D eigenvalue weighted by Crippen LogP contribution is -2.21. The maximum atomic E-state index is 5.98. The van der Waals surface area contributed by atoms with Gasteiger partial charge in [0.2, 0.25) is 0 Å². The van der Waals surface area contributed by atoms with Crippen LogP contribution in [0.3, 0.4) is 0 Å². The maximum Gasteiger partial charge on any atom is 0.0781 e. The fourth-order valence-corrected chi connectivity index (χ4v) is 1.70. The number of nitrogens with two attached hydrogens (primary N) is 1. The molecule has 5 nitrogen and oxygen atoms in total. The van der Waals surface area contributed by atoms with Crippen LogP contribution in [0.4, 0.5) is 0 Å². The highest BCUT2D eigenvalue weighted by molar-refractivity contribution is 5.16. The summed E-state index contributed by atoms with van der Waals surface area (Å²) in [6.07, 6.45) is 1.69. The van der Waals surface area contributed by atoms with Crippen LogP contribution in [0.1, 0.15) is 17.3 Å². The van der Waals surface area contributed by atoms with Crippen LogP contribution in [0.15, 0.2) is 36.5 Å². The Morgan fingerprint density at radius 3 is 2.82 bits per heavy atom. The number of aromatic nitrogens is 3. The first-order chi connectivity index (χ1) is 8.31. The Hall–Kier alpha value is -1.72. The molecule has 0 unspecified atom stereocenters. The second-order valence-electron chi connectivity index (χ2n) is 3.86. The average molecular weight is 232 g/mol. The number of nitrogens with zero attached hydrogens (tertiary/aromatic N) is 3. The van der Waals surface area contributed by atoms with Gasteiger partial charge in [0.25, 0.3) is 0 Å². The lowest BCUT2D eigenvalue weighted by molar-refractivity contribution is 0.178. The molecule has 1 aromatic carbocycles. The minimum Gasteiger partial charge on any atom is -0.383 e. The van der Waals surface area contributed by atoms with Gasteiger partial charge in [0.15, 0.2) is 0 Å². The van der Waals surface area contributed by atoms with E-state index in [2.05, 4.69) is 10.3 Å². The quantitative estimate of drug-likeness (QED) is 0.834. The molecule has 0 aliphatic carbocycles. The minimum atomic E-state index is -0.196. The first kappa shape index (κ1) is 11.8. The molecule has 0 spiro atoms. The van der Waals surface area contributed by atoms with Crippen molar-refractivity contribution in [3.63, 3.8) is 0 Å². The fourth-order valence-electron chi connectivity index (χ4n) is 1.70. The van der Waals surface area contributed by atoms with Crippen LogP contribution in [0.2, 0.25) is 0 Å². The molecule has 0 aliphatic rings. The van der Waals surface area contributed by atoms with Crippen molar-refractivity contribution in [2.75, 3.05) is 13.7 Å². The summed E-state index contributed by atoms with van der Waals surface area (Å²) < 4.78 is 6.84. The zero-order chi connectivity index (χ0) is 12.1. The second-order valence-corrected chi connectivity index (χ2v) is 3.86. The molecule has 1 aromatic heterocycles. The molecule has 0 saturated carbocycles. The summed E-state index contributed by atoms with van der Waals surface area (Å²) >= 11 is 0. The van der Waals surface area contributed by atoms with Gasteiger partial charge < -0.3 is 10.5 Å². The van der Waals surface area contributed by atoms with Crippen LogP contribution in [0.5, 0.6) is 0 Å². The van der Waals surface area contributed by atoms with E-state index in [-0.39, 0.29) is 6.04 Å². The van der Waals surface area contributed by atoms with Crippen molar-refractivity contribution in [1.29, 1.82) is 0 Å². The lowest BCUT2D eigenvalue weighted by atomic mass is 10.2. The van der Waals surface area contributed by atoms with E-state index in [9.17, 15) is 0 Å². The molecule has 0 radical (unpaired) electrons. The third kappa shape index (κ3) is 2.89. The van der Waals surface area contributed by atoms with Gasteiger partial charge in [-0.2, -0.15) is 0 Å². The molecule has 1 atom stereocenters. The molecule has 0 saturated heterocycles. The van der Waals surface area contributed by atoms with Gasteiger partial charge in [0.1, 0.15) is 0 Å². The van der Waals surface area contributed by atoms with E-state index < -0.39 is 0 Å². The van der Waals surface area contributed by atoms with E-state index in [4.69, 9.17) is 10.5 Å². The normalized spacial score (nSPS) is 12.6. The van der Waals surface area contributed by atoms with Crippen molar-refractivity contribution in [2.45, 2.75) is 12.6 Å². The monoisotopic (exact) mass is 232 g/mol. The van der Waals surface area contributed by atoms with Crippen molar-refractivity contribution >= 4 is 0 Å². The van der Waals surface area contributed by atoms with Crippen molar-refractivity contribution in [1.82, 2.24) is 15.0 Å². The number of rotatable bonds is 5. The number of hydrogen-bond acceptors (Lipinski definition) is 4. The predicted molar refractivity (Wildman–Crippen MR) is 64.4 cm³/mol. The van der Waals surface area contributed by atoms with Gasteiger partial charge >= 0.3 is 0 Å². The van der Waals surface area contributed by atoms with Gasteiger partial charge in [0, 0.05) is 7.11 Å². The summed E-state index contributed by atoms with van der Waals surface area (Å²) in [5.74, 6) is 0. The van der Waals surface area contributed by atoms with E-state index in [1.165, 1.54) is 5.56 Å². The van der Waals surface area contributed by atoms with E-state index in [0.29, 0.717) is 13.2 Å². The van der Waals surface area contributed by atoms with Crippen LogP contribution >= 0.6 is 0 Å². The zero-order valence-electron chi connectivity index (χ0n) is 9.78. The molecule has 2 N–H and O–H groups in total. The Morgan fingerprint density at radius 1 is 1.35 bits per heavy atom. The molecule has 0 fully saturated rings. The molecule has 90 valence electrons. The first-order valence-electron chi connectivity index (χ1n) is 5.48. The highest BCUT2D eigenvalue weighted by Crippen LogP contribution is 2.10. The van der Waals surface area contributed by atoms with Crippen LogP contribution in [-0.2, 0) is 11.3 Å². The first-order valence-corrected chi connectivity index (χ1v) is 5.48. The van der Waals surface area contributed by atoms with Gasteiger partial charge in [0.05, 0.1) is 31.1 Å². The Bertz CT molecular complexity index is 455. The van der Waals surface area contributed by atoms with Crippen molar-refractivity contribution in [2.24, 2.45) is 5.73 Å². The maximum absolute atomic E-state index is 5.98. The standard InChI is InChI=1S/C12H16N4O/c1-17-9-11(13)12-7-14-15-16(12)8-10-5-3-2-4-6-10/h2-7,11H,8-9,13H2,1H3/t11-/m0/s1. The van der Waals surface area contributed by atoms with Crippen molar-refractivity contribution in [3.8, 4) is 0 Å². The van der Waals surface area contributed by atoms with Crippen LogP contribution in [0.25, 0.3) is 0 Å². The molecular formula is C12H16N4O. The highest BCUT2D eigenvalue weighted by atomic mass is 16.5. The number of ether oxygens (including phenoxy) is 1. The van der Waals surface area contributed by atoms with Gasteiger partial charge in [-0.1, -0.05) is 35.5 Å². The third-order valence-corrected chi connectivity index (χ3v) is 2.55. The highest BCUT2D eigenvalue weighted by Gasteiger charge is 2.12. The van der Waals surface area contributed by atoms with E-state index in [1.54, 1.807) is 18.0 Å². The summed E-state index contributed by atoms with van der Waals surface area (Å²) in [7, 11) is 1.63. The second kappa shape index (κ2) is 5.56. The predicted octanol–water partition coefficient (Wildman–Crippen LogP) is 0.973. The molecule has 2 rings (SSSR count). The van der Waals surface area contributed by atoms with Gasteiger partial charge in [-0.05, 0) is 5.56 Å². The van der Waals surface area contributed by atoms with Crippen LogP contribution < -0.4 is 5.73 Å². The molecule has 0 amide bonds. The Kier molecular flexibility index (Phi) is 3.85. The molecule has 17 heavy (non-hydrogen) atoms. The third-order valence-electron chi connectivity index (χ3n) is 2.55. The zero-order valence-corrected chi connectivity index (χ0v) is 9.78. The molecule has 2 aromatic rings. The fraction of sp³-hybridized carbons (Fsp3) is 0.333. The van der Waals surface area contributed by atoms with Crippen LogP contribution in [-0.4, -0.2) is 28.7 Å². The molecule has 5 heteroatoms.